The Morgan fingerprint density at radius 3 is 1.70 bits per heavy atom. The van der Waals surface area contributed by atoms with Gasteiger partial charge >= 0.3 is 0 Å². The van der Waals surface area contributed by atoms with Gasteiger partial charge in [0, 0.05) is 38.9 Å². The molecule has 0 radical (unpaired) electrons. The Balaban J connectivity index is 0.894. The topological polar surface area (TPSA) is 8.17 Å². The van der Waals surface area contributed by atoms with Gasteiger partial charge in [-0.05, 0) is 133 Å². The molecule has 1 aromatic heterocycles. The molecular weight excluding hydrogens is 761 g/mol. The third kappa shape index (κ3) is 6.09. The van der Waals surface area contributed by atoms with Crippen molar-refractivity contribution in [2.24, 2.45) is 0 Å². The molecule has 298 valence electrons. The predicted molar refractivity (Wildman–Crippen MR) is 267 cm³/mol. The van der Waals surface area contributed by atoms with Gasteiger partial charge in [-0.2, -0.15) is 0 Å². The fourth-order valence-electron chi connectivity index (χ4n) is 10.2. The third-order valence-electron chi connectivity index (χ3n) is 13.4. The lowest BCUT2D eigenvalue weighted by molar-refractivity contribution is 0.660. The Labute approximate surface area is 368 Å². The van der Waals surface area contributed by atoms with Gasteiger partial charge in [0.2, 0.25) is 0 Å². The number of hydrogen-bond donors (Lipinski definition) is 0. The maximum Gasteiger partial charge on any atom is 0.0547 e. The van der Waals surface area contributed by atoms with Crippen LogP contribution >= 0.6 is 0 Å². The Bertz CT molecular complexity index is 3500. The van der Waals surface area contributed by atoms with E-state index in [1.807, 2.05) is 0 Å². The van der Waals surface area contributed by atoms with Gasteiger partial charge in [-0.1, -0.05) is 178 Å². The average Bonchev–Trinajstić information content (AvgIpc) is 3.80. The summed E-state index contributed by atoms with van der Waals surface area (Å²) in [6.45, 7) is 4.69. The Kier molecular flexibility index (Phi) is 8.55. The quantitative estimate of drug-likeness (QED) is 0.156. The van der Waals surface area contributed by atoms with E-state index in [0.29, 0.717) is 0 Å². The second-order valence-electron chi connectivity index (χ2n) is 17.4. The van der Waals surface area contributed by atoms with Crippen LogP contribution in [0.25, 0.3) is 82.8 Å². The summed E-state index contributed by atoms with van der Waals surface area (Å²) in [7, 11) is 0. The molecule has 0 atom stereocenters. The Hall–Kier alpha value is -7.94. The second kappa shape index (κ2) is 14.6. The van der Waals surface area contributed by atoms with Gasteiger partial charge in [0.15, 0.2) is 0 Å². The van der Waals surface area contributed by atoms with Crippen LogP contribution in [0, 0.1) is 0 Å². The fraction of sp³-hybridized carbons (Fsp3) is 0.0492. The summed E-state index contributed by atoms with van der Waals surface area (Å²) in [6, 6.07) is 84.5. The van der Waals surface area contributed by atoms with Crippen molar-refractivity contribution in [3.8, 4) is 50.2 Å². The highest BCUT2D eigenvalue weighted by atomic mass is 15.1. The SMILES string of the molecule is CC1(C)c2ccccc2-c2ccc(N(c3ccccc3)c3ccc(-c4ccc(-c5ccc6c7c(-c8ccc9ccccc9c8)cccc7n(-c7ccccc7)c6c5)cc4)cc3)cc21. The van der Waals surface area contributed by atoms with Crippen molar-refractivity contribution in [2.45, 2.75) is 19.3 Å². The van der Waals surface area contributed by atoms with E-state index in [2.05, 4.69) is 254 Å². The van der Waals surface area contributed by atoms with Crippen molar-refractivity contribution < 1.29 is 0 Å². The second-order valence-corrected chi connectivity index (χ2v) is 17.4. The van der Waals surface area contributed by atoms with Crippen LogP contribution in [0.4, 0.5) is 17.1 Å². The van der Waals surface area contributed by atoms with Crippen molar-refractivity contribution >= 4 is 49.6 Å². The molecule has 1 aliphatic rings. The van der Waals surface area contributed by atoms with E-state index in [-0.39, 0.29) is 5.41 Å². The standard InChI is InChI=1S/C61H44N2/c1-61(2)56-22-12-11-20-53(56)54-37-35-51(40-57(54)61)62(48-16-5-3-6-17-48)50-33-30-43(31-34-50)42-24-26-44(27-25-42)46-32-36-55-59(39-46)63(49-18-7-4-8-19-49)58-23-13-21-52(60(55)58)47-29-28-41-14-9-10-15-45(41)38-47/h3-40H,1-2H3. The van der Waals surface area contributed by atoms with Gasteiger partial charge in [-0.15, -0.1) is 0 Å². The number of fused-ring (bicyclic) bond motifs is 7. The number of nitrogens with zero attached hydrogens (tertiary/aromatic N) is 2. The lowest BCUT2D eigenvalue weighted by Crippen LogP contribution is -2.16. The zero-order chi connectivity index (χ0) is 42.1. The van der Waals surface area contributed by atoms with Gasteiger partial charge in [-0.25, -0.2) is 0 Å². The van der Waals surface area contributed by atoms with Crippen LogP contribution in [0.3, 0.4) is 0 Å². The van der Waals surface area contributed by atoms with Crippen LogP contribution in [0.5, 0.6) is 0 Å². The summed E-state index contributed by atoms with van der Waals surface area (Å²) >= 11 is 0. The highest BCUT2D eigenvalue weighted by molar-refractivity contribution is 6.16. The number of benzene rings is 10. The van der Waals surface area contributed by atoms with E-state index in [9.17, 15) is 0 Å². The zero-order valence-corrected chi connectivity index (χ0v) is 35.3. The summed E-state index contributed by atoms with van der Waals surface area (Å²) in [5, 5.41) is 5.02. The Morgan fingerprint density at radius 2 is 0.921 bits per heavy atom. The molecule has 0 aliphatic heterocycles. The predicted octanol–water partition coefficient (Wildman–Crippen LogP) is 16.7. The van der Waals surface area contributed by atoms with Crippen LogP contribution in [-0.2, 0) is 5.41 Å². The number of hydrogen-bond acceptors (Lipinski definition) is 1. The van der Waals surface area contributed by atoms with Gasteiger partial charge < -0.3 is 9.47 Å². The number of para-hydroxylation sites is 2. The van der Waals surface area contributed by atoms with Crippen molar-refractivity contribution in [1.29, 1.82) is 0 Å². The molecule has 63 heavy (non-hydrogen) atoms. The molecular formula is C61H44N2. The lowest BCUT2D eigenvalue weighted by Gasteiger charge is -2.28. The largest absolute Gasteiger partial charge is 0.310 e. The summed E-state index contributed by atoms with van der Waals surface area (Å²) in [5.41, 5.74) is 19.5. The van der Waals surface area contributed by atoms with Crippen molar-refractivity contribution in [1.82, 2.24) is 4.57 Å². The lowest BCUT2D eigenvalue weighted by atomic mass is 9.82. The van der Waals surface area contributed by atoms with Crippen LogP contribution in [0.15, 0.2) is 231 Å². The Morgan fingerprint density at radius 1 is 0.349 bits per heavy atom. The first-order valence-electron chi connectivity index (χ1n) is 21.9. The zero-order valence-electron chi connectivity index (χ0n) is 35.3. The first kappa shape index (κ1) is 36.9. The molecule has 0 spiro atoms. The van der Waals surface area contributed by atoms with Crippen LogP contribution in [0.2, 0.25) is 0 Å². The van der Waals surface area contributed by atoms with E-state index < -0.39 is 0 Å². The molecule has 10 aromatic carbocycles. The normalized spacial score (nSPS) is 12.7. The van der Waals surface area contributed by atoms with Gasteiger partial charge in [0.1, 0.15) is 0 Å². The van der Waals surface area contributed by atoms with E-state index in [4.69, 9.17) is 0 Å². The molecule has 1 heterocycles. The first-order chi connectivity index (χ1) is 31.0. The van der Waals surface area contributed by atoms with Crippen molar-refractivity contribution in [3.63, 3.8) is 0 Å². The minimum absolute atomic E-state index is 0.0751. The molecule has 2 heteroatoms. The van der Waals surface area contributed by atoms with Gasteiger partial charge in [0.05, 0.1) is 11.0 Å². The minimum atomic E-state index is -0.0751. The van der Waals surface area contributed by atoms with Crippen LogP contribution in [0.1, 0.15) is 25.0 Å². The number of anilines is 3. The van der Waals surface area contributed by atoms with E-state index in [1.54, 1.807) is 0 Å². The molecule has 12 rings (SSSR count). The summed E-state index contributed by atoms with van der Waals surface area (Å²) < 4.78 is 2.43. The molecule has 2 nitrogen and oxygen atoms in total. The molecule has 0 N–H and O–H groups in total. The molecule has 0 unspecified atom stereocenters. The molecule has 0 saturated heterocycles. The highest BCUT2D eigenvalue weighted by Gasteiger charge is 2.35. The van der Waals surface area contributed by atoms with E-state index in [0.717, 1.165) is 22.7 Å². The number of rotatable bonds is 7. The van der Waals surface area contributed by atoms with Crippen molar-refractivity contribution in [2.75, 3.05) is 4.90 Å². The monoisotopic (exact) mass is 804 g/mol. The van der Waals surface area contributed by atoms with E-state index in [1.165, 1.54) is 88.2 Å². The maximum absolute atomic E-state index is 2.43. The molecule has 0 saturated carbocycles. The van der Waals surface area contributed by atoms with Gasteiger partial charge in [0.25, 0.3) is 0 Å². The number of aromatic nitrogens is 1. The molecule has 11 aromatic rings. The maximum atomic E-state index is 2.43. The van der Waals surface area contributed by atoms with Crippen LogP contribution < -0.4 is 4.90 Å². The summed E-state index contributed by atoms with van der Waals surface area (Å²) in [6.07, 6.45) is 0. The van der Waals surface area contributed by atoms with Crippen molar-refractivity contribution in [3.05, 3.63) is 242 Å². The molecule has 0 amide bonds. The fourth-order valence-corrected chi connectivity index (χ4v) is 10.2. The molecule has 1 aliphatic carbocycles. The average molecular weight is 805 g/mol. The van der Waals surface area contributed by atoms with Gasteiger partial charge in [-0.3, -0.25) is 0 Å². The van der Waals surface area contributed by atoms with E-state index >= 15 is 0 Å². The summed E-state index contributed by atoms with van der Waals surface area (Å²) in [4.78, 5) is 2.38. The van der Waals surface area contributed by atoms with Crippen LogP contribution in [-0.4, -0.2) is 4.57 Å². The third-order valence-corrected chi connectivity index (χ3v) is 13.4. The first-order valence-corrected chi connectivity index (χ1v) is 21.9. The smallest absolute Gasteiger partial charge is 0.0547 e. The minimum Gasteiger partial charge on any atom is -0.310 e. The molecule has 0 fully saturated rings. The highest BCUT2D eigenvalue weighted by Crippen LogP contribution is 2.51. The summed E-state index contributed by atoms with van der Waals surface area (Å²) in [5.74, 6) is 0. The molecule has 0 bridgehead atoms.